The second-order valence-corrected chi connectivity index (χ2v) is 5.64. The molecule has 0 spiro atoms. The topological polar surface area (TPSA) is 71.1 Å². The summed E-state index contributed by atoms with van der Waals surface area (Å²) in [7, 11) is 0. The van der Waals surface area contributed by atoms with E-state index in [-0.39, 0.29) is 11.5 Å². The van der Waals surface area contributed by atoms with E-state index >= 15 is 0 Å². The SMILES string of the molecule is Cc1ncc(NC(=O)c2cccc(F)c2)cc1NC(=O)c1ccccc1. The van der Waals surface area contributed by atoms with Gasteiger partial charge in [-0.05, 0) is 43.3 Å². The first-order valence-electron chi connectivity index (χ1n) is 7.93. The van der Waals surface area contributed by atoms with Crippen LogP contribution in [0.4, 0.5) is 15.8 Å². The van der Waals surface area contributed by atoms with Crippen LogP contribution in [0, 0.1) is 12.7 Å². The van der Waals surface area contributed by atoms with Crippen molar-refractivity contribution >= 4 is 23.2 Å². The Labute approximate surface area is 149 Å². The predicted molar refractivity (Wildman–Crippen MR) is 97.7 cm³/mol. The van der Waals surface area contributed by atoms with Gasteiger partial charge in [-0.15, -0.1) is 0 Å². The number of carbonyl (C=O) groups is 2. The number of rotatable bonds is 4. The maximum Gasteiger partial charge on any atom is 0.255 e. The molecule has 0 atom stereocenters. The predicted octanol–water partition coefficient (Wildman–Crippen LogP) is 4.03. The standard InChI is InChI=1S/C20H16FN3O2/c1-13-18(24-19(25)14-6-3-2-4-7-14)11-17(12-22-13)23-20(26)15-8-5-9-16(21)10-15/h2-12H,1H3,(H,23,26)(H,24,25). The van der Waals surface area contributed by atoms with Gasteiger partial charge in [-0.2, -0.15) is 0 Å². The van der Waals surface area contributed by atoms with Crippen LogP contribution in [-0.4, -0.2) is 16.8 Å². The molecule has 130 valence electrons. The van der Waals surface area contributed by atoms with Gasteiger partial charge in [0.05, 0.1) is 23.3 Å². The van der Waals surface area contributed by atoms with E-state index in [1.807, 2.05) is 6.07 Å². The van der Waals surface area contributed by atoms with Crippen molar-refractivity contribution < 1.29 is 14.0 Å². The Balaban J connectivity index is 1.77. The molecule has 0 radical (unpaired) electrons. The molecule has 1 heterocycles. The highest BCUT2D eigenvalue weighted by Crippen LogP contribution is 2.19. The highest BCUT2D eigenvalue weighted by molar-refractivity contribution is 6.06. The second-order valence-electron chi connectivity index (χ2n) is 5.64. The average molecular weight is 349 g/mol. The molecular weight excluding hydrogens is 333 g/mol. The third-order valence-electron chi connectivity index (χ3n) is 3.72. The minimum Gasteiger partial charge on any atom is -0.321 e. The van der Waals surface area contributed by atoms with Crippen molar-refractivity contribution in [2.45, 2.75) is 6.92 Å². The van der Waals surface area contributed by atoms with Gasteiger partial charge in [0, 0.05) is 11.1 Å². The zero-order valence-electron chi connectivity index (χ0n) is 14.0. The molecule has 3 rings (SSSR count). The van der Waals surface area contributed by atoms with Crippen molar-refractivity contribution in [2.75, 3.05) is 10.6 Å². The van der Waals surface area contributed by atoms with Crippen LogP contribution >= 0.6 is 0 Å². The normalized spacial score (nSPS) is 10.2. The number of carbonyl (C=O) groups excluding carboxylic acids is 2. The van der Waals surface area contributed by atoms with Crippen LogP contribution in [0.5, 0.6) is 0 Å². The Morgan fingerprint density at radius 1 is 0.885 bits per heavy atom. The summed E-state index contributed by atoms with van der Waals surface area (Å²) in [5.41, 5.74) is 2.20. The van der Waals surface area contributed by atoms with Crippen LogP contribution in [0.2, 0.25) is 0 Å². The van der Waals surface area contributed by atoms with Crippen LogP contribution in [0.1, 0.15) is 26.4 Å². The molecule has 0 saturated heterocycles. The van der Waals surface area contributed by atoms with Gasteiger partial charge in [-0.1, -0.05) is 24.3 Å². The summed E-state index contributed by atoms with van der Waals surface area (Å²) in [6.45, 7) is 1.75. The third kappa shape index (κ3) is 4.10. The number of hydrogen-bond acceptors (Lipinski definition) is 3. The maximum atomic E-state index is 13.2. The molecule has 0 bridgehead atoms. The summed E-state index contributed by atoms with van der Waals surface area (Å²) in [5, 5.41) is 5.42. The summed E-state index contributed by atoms with van der Waals surface area (Å²) in [6.07, 6.45) is 1.48. The summed E-state index contributed by atoms with van der Waals surface area (Å²) in [6, 6.07) is 15.8. The first-order valence-corrected chi connectivity index (χ1v) is 7.93. The fraction of sp³-hybridized carbons (Fsp3) is 0.0500. The Hall–Kier alpha value is -3.54. The van der Waals surface area contributed by atoms with E-state index in [9.17, 15) is 14.0 Å². The van der Waals surface area contributed by atoms with Crippen molar-refractivity contribution in [3.8, 4) is 0 Å². The molecule has 0 fully saturated rings. The van der Waals surface area contributed by atoms with Gasteiger partial charge in [0.1, 0.15) is 5.82 Å². The van der Waals surface area contributed by atoms with E-state index in [0.29, 0.717) is 22.6 Å². The summed E-state index contributed by atoms with van der Waals surface area (Å²) >= 11 is 0. The van der Waals surface area contributed by atoms with Crippen molar-refractivity contribution in [1.82, 2.24) is 4.98 Å². The van der Waals surface area contributed by atoms with Gasteiger partial charge in [0.25, 0.3) is 11.8 Å². The largest absolute Gasteiger partial charge is 0.321 e. The molecule has 26 heavy (non-hydrogen) atoms. The molecular formula is C20H16FN3O2. The van der Waals surface area contributed by atoms with E-state index in [1.54, 1.807) is 37.3 Å². The van der Waals surface area contributed by atoms with Crippen molar-refractivity contribution in [3.05, 3.63) is 89.5 Å². The number of pyridine rings is 1. The molecule has 6 heteroatoms. The highest BCUT2D eigenvalue weighted by atomic mass is 19.1. The third-order valence-corrected chi connectivity index (χ3v) is 3.72. The first-order chi connectivity index (χ1) is 12.5. The molecule has 0 unspecified atom stereocenters. The number of benzene rings is 2. The van der Waals surface area contributed by atoms with E-state index < -0.39 is 11.7 Å². The Morgan fingerprint density at radius 3 is 2.31 bits per heavy atom. The second kappa shape index (κ2) is 7.57. The van der Waals surface area contributed by atoms with Gasteiger partial charge < -0.3 is 10.6 Å². The monoisotopic (exact) mass is 349 g/mol. The molecule has 2 amide bonds. The van der Waals surface area contributed by atoms with Gasteiger partial charge >= 0.3 is 0 Å². The number of nitrogens with zero attached hydrogens (tertiary/aromatic N) is 1. The zero-order valence-corrected chi connectivity index (χ0v) is 14.0. The van der Waals surface area contributed by atoms with E-state index in [1.165, 1.54) is 24.4 Å². The first kappa shape index (κ1) is 17.3. The van der Waals surface area contributed by atoms with Crippen molar-refractivity contribution in [3.63, 3.8) is 0 Å². The lowest BCUT2D eigenvalue weighted by Crippen LogP contribution is -2.15. The lowest BCUT2D eigenvalue weighted by atomic mass is 10.2. The van der Waals surface area contributed by atoms with Crippen LogP contribution in [0.15, 0.2) is 66.9 Å². The molecule has 0 aliphatic rings. The van der Waals surface area contributed by atoms with Crippen molar-refractivity contribution in [1.29, 1.82) is 0 Å². The van der Waals surface area contributed by atoms with Gasteiger partial charge in [0.15, 0.2) is 0 Å². The number of aryl methyl sites for hydroxylation is 1. The van der Waals surface area contributed by atoms with Gasteiger partial charge in [-0.25, -0.2) is 4.39 Å². The van der Waals surface area contributed by atoms with Crippen LogP contribution in [-0.2, 0) is 0 Å². The van der Waals surface area contributed by atoms with Crippen LogP contribution in [0.25, 0.3) is 0 Å². The Kier molecular flexibility index (Phi) is 5.03. The van der Waals surface area contributed by atoms with E-state index in [2.05, 4.69) is 15.6 Å². The van der Waals surface area contributed by atoms with Gasteiger partial charge in [-0.3, -0.25) is 14.6 Å². The molecule has 3 aromatic rings. The number of halogens is 1. The number of anilines is 2. The Morgan fingerprint density at radius 2 is 1.58 bits per heavy atom. The maximum absolute atomic E-state index is 13.2. The minimum absolute atomic E-state index is 0.195. The molecule has 2 N–H and O–H groups in total. The Bertz CT molecular complexity index is 958. The van der Waals surface area contributed by atoms with Crippen LogP contribution in [0.3, 0.4) is 0 Å². The number of aromatic nitrogens is 1. The van der Waals surface area contributed by atoms with E-state index in [0.717, 1.165) is 6.07 Å². The fourth-order valence-corrected chi connectivity index (χ4v) is 2.35. The lowest BCUT2D eigenvalue weighted by Gasteiger charge is -2.11. The zero-order chi connectivity index (χ0) is 18.5. The molecule has 2 aromatic carbocycles. The van der Waals surface area contributed by atoms with Crippen molar-refractivity contribution in [2.24, 2.45) is 0 Å². The smallest absolute Gasteiger partial charge is 0.255 e. The minimum atomic E-state index is -0.490. The quantitative estimate of drug-likeness (QED) is 0.747. The summed E-state index contributed by atoms with van der Waals surface area (Å²) < 4.78 is 13.2. The number of amides is 2. The average Bonchev–Trinajstić information content (AvgIpc) is 2.65. The van der Waals surface area contributed by atoms with Crippen LogP contribution < -0.4 is 10.6 Å². The fourth-order valence-electron chi connectivity index (χ4n) is 2.35. The van der Waals surface area contributed by atoms with E-state index in [4.69, 9.17) is 0 Å². The molecule has 0 aliphatic carbocycles. The number of nitrogens with one attached hydrogen (secondary N) is 2. The summed E-state index contributed by atoms with van der Waals surface area (Å²) in [4.78, 5) is 28.7. The lowest BCUT2D eigenvalue weighted by molar-refractivity contribution is 0.101. The highest BCUT2D eigenvalue weighted by Gasteiger charge is 2.11. The molecule has 0 saturated carbocycles. The molecule has 5 nitrogen and oxygen atoms in total. The molecule has 0 aliphatic heterocycles. The summed E-state index contributed by atoms with van der Waals surface area (Å²) in [5.74, 6) is -1.23. The molecule has 1 aromatic heterocycles. The number of hydrogen-bond donors (Lipinski definition) is 2. The van der Waals surface area contributed by atoms with Gasteiger partial charge in [0.2, 0.25) is 0 Å².